The number of amides is 4. The van der Waals surface area contributed by atoms with Gasteiger partial charge >= 0.3 is 23.9 Å². The molecule has 220 valence electrons. The van der Waals surface area contributed by atoms with Gasteiger partial charge in [0, 0.05) is 23.2 Å². The summed E-state index contributed by atoms with van der Waals surface area (Å²) in [6.07, 6.45) is -0.713. The molecule has 0 aromatic heterocycles. The molecule has 0 saturated heterocycles. The lowest BCUT2D eigenvalue weighted by molar-refractivity contribution is -0.141. The van der Waals surface area contributed by atoms with E-state index in [1.54, 1.807) is 0 Å². The number of hydrogen-bond acceptors (Lipinski definition) is 7. The van der Waals surface area contributed by atoms with Crippen molar-refractivity contribution in [2.24, 2.45) is 0 Å². The highest BCUT2D eigenvalue weighted by atomic mass is 19.1. The Morgan fingerprint density at radius 3 is 1.83 bits per heavy atom. The van der Waals surface area contributed by atoms with Crippen LogP contribution >= 0.6 is 0 Å². The molecule has 0 saturated carbocycles. The second-order valence-corrected chi connectivity index (χ2v) is 8.79. The van der Waals surface area contributed by atoms with Crippen LogP contribution in [0.4, 0.5) is 14.9 Å². The number of nitrogens with one attached hydrogen (secondary N) is 3. The number of halogens is 1. The lowest BCUT2D eigenvalue weighted by atomic mass is 10.1. The Hall–Kier alpha value is -5.05. The second kappa shape index (κ2) is 15.5. The number of urea groups is 1. The summed E-state index contributed by atoms with van der Waals surface area (Å²) in [5.41, 5.74) is 0.688. The van der Waals surface area contributed by atoms with Crippen LogP contribution in [0.5, 0.6) is 0 Å². The molecule has 2 rings (SSSR count). The van der Waals surface area contributed by atoms with Gasteiger partial charge in [-0.3, -0.25) is 19.6 Å². The minimum absolute atomic E-state index is 0.0568. The van der Waals surface area contributed by atoms with E-state index < -0.39 is 66.5 Å². The number of anilines is 1. The van der Waals surface area contributed by atoms with Gasteiger partial charge in [-0.2, -0.15) is 0 Å². The predicted molar refractivity (Wildman–Crippen MR) is 139 cm³/mol. The van der Waals surface area contributed by atoms with Gasteiger partial charge < -0.3 is 31.3 Å². The standard InChI is InChI=1S/C26H29FN4O10/c27-17-8-4-15(5-9-17)22(34)28-18-10-6-16(7-11-18)23(35)29-19(24(36)37)3-1-2-14-31(41)26(40)30-20(25(38)39)12-13-21(32)33/h4-11,19-20,41H,1-3,12-14H2,(H,28,34)(H,29,35)(H,30,40)(H,32,33)(H,36,37)(H,38,39)/t19-,20-/m0/s1. The highest BCUT2D eigenvalue weighted by Gasteiger charge is 2.24. The molecule has 7 N–H and O–H groups in total. The van der Waals surface area contributed by atoms with Crippen molar-refractivity contribution in [3.05, 3.63) is 65.5 Å². The third-order valence-electron chi connectivity index (χ3n) is 5.70. The highest BCUT2D eigenvalue weighted by molar-refractivity contribution is 6.04. The number of nitrogens with zero attached hydrogens (tertiary/aromatic N) is 1. The lowest BCUT2D eigenvalue weighted by Crippen LogP contribution is -2.47. The Morgan fingerprint density at radius 2 is 1.27 bits per heavy atom. The first-order valence-electron chi connectivity index (χ1n) is 12.3. The van der Waals surface area contributed by atoms with Gasteiger partial charge in [0.15, 0.2) is 0 Å². The van der Waals surface area contributed by atoms with Crippen molar-refractivity contribution < 1.29 is 53.7 Å². The van der Waals surface area contributed by atoms with E-state index in [-0.39, 0.29) is 42.0 Å². The number of unbranched alkanes of at least 4 members (excludes halogenated alkanes) is 1. The molecule has 0 aliphatic heterocycles. The summed E-state index contributed by atoms with van der Waals surface area (Å²) in [6.45, 7) is -0.289. The van der Waals surface area contributed by atoms with E-state index in [2.05, 4.69) is 10.6 Å². The van der Waals surface area contributed by atoms with Crippen LogP contribution in [0.25, 0.3) is 0 Å². The molecule has 4 amide bonds. The molecule has 0 fully saturated rings. The first-order valence-corrected chi connectivity index (χ1v) is 12.3. The molecule has 0 radical (unpaired) electrons. The number of hydrogen-bond donors (Lipinski definition) is 7. The van der Waals surface area contributed by atoms with E-state index in [1.165, 1.54) is 36.4 Å². The molecule has 41 heavy (non-hydrogen) atoms. The molecule has 2 atom stereocenters. The zero-order valence-electron chi connectivity index (χ0n) is 21.6. The Morgan fingerprint density at radius 1 is 0.732 bits per heavy atom. The maximum Gasteiger partial charge on any atom is 0.341 e. The SMILES string of the molecule is O=C(O)CC[C@H](NC(=O)N(O)CCCC[C@H](NC(=O)c1ccc(NC(=O)c2ccc(F)cc2)cc1)C(=O)O)C(=O)O. The Bertz CT molecular complexity index is 1250. The van der Waals surface area contributed by atoms with E-state index in [1.807, 2.05) is 5.32 Å². The van der Waals surface area contributed by atoms with Crippen molar-refractivity contribution >= 4 is 41.4 Å². The van der Waals surface area contributed by atoms with Crippen molar-refractivity contribution in [1.82, 2.24) is 15.7 Å². The molecule has 0 aliphatic carbocycles. The molecule has 0 spiro atoms. The van der Waals surface area contributed by atoms with Crippen LogP contribution in [-0.4, -0.2) is 80.0 Å². The van der Waals surface area contributed by atoms with Gasteiger partial charge in [-0.1, -0.05) is 0 Å². The van der Waals surface area contributed by atoms with E-state index in [0.717, 1.165) is 12.1 Å². The Balaban J connectivity index is 1.82. The highest BCUT2D eigenvalue weighted by Crippen LogP contribution is 2.13. The summed E-state index contributed by atoms with van der Waals surface area (Å²) in [4.78, 5) is 70.1. The second-order valence-electron chi connectivity index (χ2n) is 8.79. The zero-order chi connectivity index (χ0) is 30.5. The number of aliphatic carboxylic acids is 3. The molecule has 0 heterocycles. The van der Waals surface area contributed by atoms with Crippen LogP contribution in [-0.2, 0) is 14.4 Å². The molecule has 2 aromatic rings. The summed E-state index contributed by atoms with van der Waals surface area (Å²) in [6, 6.07) is 6.53. The number of hydroxylamine groups is 2. The van der Waals surface area contributed by atoms with Crippen molar-refractivity contribution in [3.8, 4) is 0 Å². The average molecular weight is 577 g/mol. The topological polar surface area (TPSA) is 223 Å². The fraction of sp³-hybridized carbons (Fsp3) is 0.308. The van der Waals surface area contributed by atoms with Crippen LogP contribution < -0.4 is 16.0 Å². The van der Waals surface area contributed by atoms with Crippen LogP contribution in [0.3, 0.4) is 0 Å². The van der Waals surface area contributed by atoms with E-state index in [4.69, 9.17) is 10.2 Å². The number of benzene rings is 2. The summed E-state index contributed by atoms with van der Waals surface area (Å²) < 4.78 is 13.0. The summed E-state index contributed by atoms with van der Waals surface area (Å²) in [7, 11) is 0. The minimum Gasteiger partial charge on any atom is -0.481 e. The van der Waals surface area contributed by atoms with Crippen molar-refractivity contribution in [2.45, 2.75) is 44.2 Å². The fourth-order valence-electron chi connectivity index (χ4n) is 3.47. The monoisotopic (exact) mass is 576 g/mol. The zero-order valence-corrected chi connectivity index (χ0v) is 21.6. The molecule has 2 aromatic carbocycles. The maximum atomic E-state index is 13.0. The van der Waals surface area contributed by atoms with Gasteiger partial charge in [0.05, 0.1) is 6.54 Å². The smallest absolute Gasteiger partial charge is 0.341 e. The van der Waals surface area contributed by atoms with Crippen LogP contribution in [0, 0.1) is 5.82 Å². The van der Waals surface area contributed by atoms with Gasteiger partial charge in [-0.05, 0) is 74.2 Å². The van der Waals surface area contributed by atoms with Crippen LogP contribution in [0.15, 0.2) is 48.5 Å². The largest absolute Gasteiger partial charge is 0.481 e. The molecule has 0 aliphatic rings. The van der Waals surface area contributed by atoms with E-state index >= 15 is 0 Å². The number of carbonyl (C=O) groups excluding carboxylic acids is 3. The van der Waals surface area contributed by atoms with Gasteiger partial charge in [0.2, 0.25) is 0 Å². The number of carboxylic acids is 3. The minimum atomic E-state index is -1.53. The normalized spacial score (nSPS) is 12.0. The van der Waals surface area contributed by atoms with Gasteiger partial charge in [-0.25, -0.2) is 23.8 Å². The Kier molecular flexibility index (Phi) is 12.2. The molecule has 0 unspecified atom stereocenters. The number of carboxylic acid groups (broad SMARTS) is 3. The van der Waals surface area contributed by atoms with E-state index in [9.17, 15) is 43.5 Å². The van der Waals surface area contributed by atoms with Gasteiger partial charge in [0.25, 0.3) is 11.8 Å². The van der Waals surface area contributed by atoms with Gasteiger partial charge in [-0.15, -0.1) is 0 Å². The number of carbonyl (C=O) groups is 6. The molecule has 14 nitrogen and oxygen atoms in total. The first kappa shape index (κ1) is 32.2. The summed E-state index contributed by atoms with van der Waals surface area (Å²) in [5.74, 6) is -5.72. The quantitative estimate of drug-likeness (QED) is 0.0929. The number of rotatable bonds is 15. The molecular weight excluding hydrogens is 547 g/mol. The molecule has 15 heteroatoms. The van der Waals surface area contributed by atoms with Gasteiger partial charge in [0.1, 0.15) is 17.9 Å². The average Bonchev–Trinajstić information content (AvgIpc) is 2.92. The fourth-order valence-corrected chi connectivity index (χ4v) is 3.47. The summed E-state index contributed by atoms with van der Waals surface area (Å²) in [5, 5.41) is 44.2. The summed E-state index contributed by atoms with van der Waals surface area (Å²) >= 11 is 0. The molecule has 0 bridgehead atoms. The maximum absolute atomic E-state index is 13.0. The van der Waals surface area contributed by atoms with Crippen molar-refractivity contribution in [3.63, 3.8) is 0 Å². The van der Waals surface area contributed by atoms with Crippen LogP contribution in [0.1, 0.15) is 52.8 Å². The molecular formula is C26H29FN4O10. The third-order valence-corrected chi connectivity index (χ3v) is 5.70. The van der Waals surface area contributed by atoms with Crippen molar-refractivity contribution in [2.75, 3.05) is 11.9 Å². The predicted octanol–water partition coefficient (Wildman–Crippen LogP) is 2.15. The third kappa shape index (κ3) is 10.9. The van der Waals surface area contributed by atoms with Crippen LogP contribution in [0.2, 0.25) is 0 Å². The van der Waals surface area contributed by atoms with Crippen molar-refractivity contribution in [1.29, 1.82) is 0 Å². The van der Waals surface area contributed by atoms with E-state index in [0.29, 0.717) is 5.69 Å². The lowest BCUT2D eigenvalue weighted by Gasteiger charge is -2.20. The Labute approximate surface area is 232 Å². The first-order chi connectivity index (χ1) is 19.4.